The van der Waals surface area contributed by atoms with E-state index in [9.17, 15) is 4.79 Å². The van der Waals surface area contributed by atoms with Gasteiger partial charge in [-0.25, -0.2) is 0 Å². The van der Waals surface area contributed by atoms with Crippen LogP contribution in [0, 0.1) is 6.92 Å². The lowest BCUT2D eigenvalue weighted by Crippen LogP contribution is -2.49. The Labute approximate surface area is 189 Å². The Hall–Kier alpha value is -2.22. The highest BCUT2D eigenvalue weighted by Crippen LogP contribution is 2.33. The number of hydrogen-bond donors (Lipinski definition) is 0. The minimum atomic E-state index is 0.0448. The molecule has 1 saturated heterocycles. The molecule has 0 N–H and O–H groups in total. The molecule has 3 heterocycles. The second-order valence-electron chi connectivity index (χ2n) is 7.07. The average molecular weight is 465 g/mol. The maximum Gasteiger partial charge on any atom is 0.244 e. The second kappa shape index (κ2) is 8.88. The first-order chi connectivity index (χ1) is 14.5. The highest BCUT2D eigenvalue weighted by atomic mass is 35.5. The maximum atomic E-state index is 12.9. The highest BCUT2D eigenvalue weighted by molar-refractivity contribution is 7.13. The zero-order chi connectivity index (χ0) is 21.3. The van der Waals surface area contributed by atoms with Gasteiger partial charge in [0.25, 0.3) is 0 Å². The number of nitrogens with zero attached hydrogens (tertiary/aromatic N) is 4. The molecule has 9 heteroatoms. The molecule has 1 aliphatic rings. The second-order valence-corrected chi connectivity index (χ2v) is 8.80. The van der Waals surface area contributed by atoms with E-state index in [4.69, 9.17) is 27.9 Å². The number of methoxy groups -OCH3 is 1. The van der Waals surface area contributed by atoms with Crippen molar-refractivity contribution >= 4 is 46.1 Å². The number of anilines is 1. The van der Waals surface area contributed by atoms with Crippen molar-refractivity contribution in [3.05, 3.63) is 51.5 Å². The largest absolute Gasteiger partial charge is 0.495 e. The number of aromatic nitrogens is 2. The first kappa shape index (κ1) is 21.0. The van der Waals surface area contributed by atoms with Crippen LogP contribution in [0.15, 0.2) is 35.7 Å². The normalized spacial score (nSPS) is 14.3. The monoisotopic (exact) mass is 464 g/mol. The summed E-state index contributed by atoms with van der Waals surface area (Å²) in [4.78, 5) is 18.0. The first-order valence-corrected chi connectivity index (χ1v) is 11.2. The molecular weight excluding hydrogens is 443 g/mol. The Balaban J connectivity index is 1.40. The Morgan fingerprint density at radius 3 is 2.63 bits per heavy atom. The van der Waals surface area contributed by atoms with Gasteiger partial charge < -0.3 is 14.5 Å². The van der Waals surface area contributed by atoms with Gasteiger partial charge in [0.15, 0.2) is 0 Å². The molecule has 0 atom stereocenters. The molecule has 4 rings (SSSR count). The molecule has 158 valence electrons. The number of hydrogen-bond acceptors (Lipinski definition) is 5. The van der Waals surface area contributed by atoms with Crippen LogP contribution in [-0.4, -0.2) is 53.9 Å². The fraction of sp³-hybridized carbons (Fsp3) is 0.333. The molecule has 0 unspecified atom stereocenters. The van der Waals surface area contributed by atoms with Crippen molar-refractivity contribution in [3.8, 4) is 16.3 Å². The molecule has 0 saturated carbocycles. The van der Waals surface area contributed by atoms with Crippen molar-refractivity contribution in [1.82, 2.24) is 14.7 Å². The zero-order valence-electron chi connectivity index (χ0n) is 16.8. The van der Waals surface area contributed by atoms with E-state index in [-0.39, 0.29) is 12.5 Å². The number of benzene rings is 1. The Morgan fingerprint density at radius 1 is 1.20 bits per heavy atom. The maximum absolute atomic E-state index is 12.9. The first-order valence-electron chi connectivity index (χ1n) is 9.61. The molecule has 0 bridgehead atoms. The van der Waals surface area contributed by atoms with Crippen LogP contribution < -0.4 is 9.64 Å². The highest BCUT2D eigenvalue weighted by Gasteiger charge is 2.24. The number of thiophene rings is 1. The lowest BCUT2D eigenvalue weighted by atomic mass is 10.2. The minimum absolute atomic E-state index is 0.0448. The van der Waals surface area contributed by atoms with Crippen molar-refractivity contribution in [3.63, 3.8) is 0 Å². The van der Waals surface area contributed by atoms with E-state index in [2.05, 4.69) is 10.00 Å². The molecule has 6 nitrogen and oxygen atoms in total. The topological polar surface area (TPSA) is 50.6 Å². The molecule has 0 radical (unpaired) electrons. The van der Waals surface area contributed by atoms with Crippen LogP contribution >= 0.6 is 34.5 Å². The molecule has 30 heavy (non-hydrogen) atoms. The van der Waals surface area contributed by atoms with Gasteiger partial charge in [0.1, 0.15) is 18.0 Å². The van der Waals surface area contributed by atoms with E-state index < -0.39 is 0 Å². The van der Waals surface area contributed by atoms with E-state index in [1.807, 2.05) is 47.5 Å². The Morgan fingerprint density at radius 2 is 1.97 bits per heavy atom. The van der Waals surface area contributed by atoms with Crippen molar-refractivity contribution < 1.29 is 9.53 Å². The standard InChI is InChI=1S/C21H22Cl2N4O2S/c1-14-20(23)21(18-4-3-11-30-18)24-27(14)13-19(28)26-9-7-25(8-10-26)15-5-6-16(22)17(12-15)29-2/h3-6,11-12H,7-10,13H2,1-2H3. The minimum Gasteiger partial charge on any atom is -0.495 e. The molecule has 1 amide bonds. The molecule has 0 spiro atoms. The lowest BCUT2D eigenvalue weighted by Gasteiger charge is -2.36. The summed E-state index contributed by atoms with van der Waals surface area (Å²) in [7, 11) is 1.61. The Kier molecular flexibility index (Phi) is 6.22. The van der Waals surface area contributed by atoms with Crippen LogP contribution in [0.5, 0.6) is 5.75 Å². The SMILES string of the molecule is COc1cc(N2CCN(C(=O)Cn3nc(-c4cccs4)c(Cl)c3C)CC2)ccc1Cl. The molecule has 2 aromatic heterocycles. The zero-order valence-corrected chi connectivity index (χ0v) is 19.1. The predicted molar refractivity (Wildman–Crippen MR) is 122 cm³/mol. The van der Waals surface area contributed by atoms with E-state index in [0.717, 1.165) is 35.0 Å². The van der Waals surface area contributed by atoms with E-state index in [0.29, 0.717) is 28.9 Å². The number of carbonyl (C=O) groups is 1. The quantitative estimate of drug-likeness (QED) is 0.554. The van der Waals surface area contributed by atoms with Crippen LogP contribution in [0.3, 0.4) is 0 Å². The van der Waals surface area contributed by atoms with Gasteiger partial charge in [-0.1, -0.05) is 29.3 Å². The number of ether oxygens (including phenoxy) is 1. The molecule has 0 aliphatic carbocycles. The number of carbonyl (C=O) groups excluding carboxylic acids is 1. The van der Waals surface area contributed by atoms with Gasteiger partial charge in [0.05, 0.1) is 27.7 Å². The number of halogens is 2. The predicted octanol–water partition coefficient (Wildman–Crippen LogP) is 4.58. The number of rotatable bonds is 5. The fourth-order valence-corrected chi connectivity index (χ4v) is 4.74. The summed E-state index contributed by atoms with van der Waals surface area (Å²) in [6.45, 7) is 4.87. The van der Waals surface area contributed by atoms with Gasteiger partial charge in [-0.2, -0.15) is 5.10 Å². The number of amides is 1. The number of piperazine rings is 1. The van der Waals surface area contributed by atoms with E-state index >= 15 is 0 Å². The van der Waals surface area contributed by atoms with Crippen LogP contribution in [-0.2, 0) is 11.3 Å². The van der Waals surface area contributed by atoms with Gasteiger partial charge in [0.2, 0.25) is 5.91 Å². The summed E-state index contributed by atoms with van der Waals surface area (Å²) in [5.74, 6) is 0.698. The smallest absolute Gasteiger partial charge is 0.244 e. The van der Waals surface area contributed by atoms with E-state index in [1.54, 1.807) is 23.1 Å². The van der Waals surface area contributed by atoms with E-state index in [1.165, 1.54) is 0 Å². The Bertz CT molecular complexity index is 1040. The van der Waals surface area contributed by atoms with Crippen molar-refractivity contribution in [2.24, 2.45) is 0 Å². The van der Waals surface area contributed by atoms with Crippen LogP contribution in [0.4, 0.5) is 5.69 Å². The third-order valence-corrected chi connectivity index (χ3v) is 6.95. The van der Waals surface area contributed by atoms with Gasteiger partial charge in [-0.05, 0) is 30.5 Å². The summed E-state index contributed by atoms with van der Waals surface area (Å²) in [6, 6.07) is 9.69. The third kappa shape index (κ3) is 4.15. The van der Waals surface area contributed by atoms with Crippen molar-refractivity contribution in [2.75, 3.05) is 38.2 Å². The summed E-state index contributed by atoms with van der Waals surface area (Å²) >= 11 is 14.2. The van der Waals surface area contributed by atoms with Gasteiger partial charge in [-0.15, -0.1) is 11.3 Å². The van der Waals surface area contributed by atoms with Crippen molar-refractivity contribution in [1.29, 1.82) is 0 Å². The van der Waals surface area contributed by atoms with Gasteiger partial charge >= 0.3 is 0 Å². The molecular formula is C21H22Cl2N4O2S. The third-order valence-electron chi connectivity index (χ3n) is 5.31. The van der Waals surface area contributed by atoms with Crippen LogP contribution in [0.25, 0.3) is 10.6 Å². The van der Waals surface area contributed by atoms with Crippen LogP contribution in [0.2, 0.25) is 10.0 Å². The lowest BCUT2D eigenvalue weighted by molar-refractivity contribution is -0.132. The molecule has 1 aliphatic heterocycles. The van der Waals surface area contributed by atoms with Gasteiger partial charge in [-0.3, -0.25) is 9.48 Å². The molecule has 3 aromatic rings. The average Bonchev–Trinajstić information content (AvgIpc) is 3.38. The molecule has 1 fully saturated rings. The summed E-state index contributed by atoms with van der Waals surface area (Å²) in [6.07, 6.45) is 0. The summed E-state index contributed by atoms with van der Waals surface area (Å²) in [5.41, 5.74) is 2.58. The van der Waals surface area contributed by atoms with Crippen LogP contribution in [0.1, 0.15) is 5.69 Å². The molecule has 1 aromatic carbocycles. The van der Waals surface area contributed by atoms with Gasteiger partial charge in [0, 0.05) is 37.9 Å². The fourth-order valence-electron chi connectivity index (χ4n) is 3.54. The summed E-state index contributed by atoms with van der Waals surface area (Å²) < 4.78 is 7.01. The van der Waals surface area contributed by atoms with Crippen molar-refractivity contribution in [2.45, 2.75) is 13.5 Å². The summed E-state index contributed by atoms with van der Waals surface area (Å²) in [5, 5.41) is 7.77.